The fourth-order valence-corrected chi connectivity index (χ4v) is 3.62. The fraction of sp³-hybridized carbons (Fsp3) is 0.227. The highest BCUT2D eigenvalue weighted by atomic mass is 16.2. The first-order valence-electron chi connectivity index (χ1n) is 8.91. The van der Waals surface area contributed by atoms with Crippen molar-refractivity contribution in [3.05, 3.63) is 88.2 Å². The highest BCUT2D eigenvalue weighted by molar-refractivity contribution is 6.01. The van der Waals surface area contributed by atoms with Crippen molar-refractivity contribution in [1.82, 2.24) is 9.88 Å². The molecule has 0 saturated carbocycles. The van der Waals surface area contributed by atoms with Gasteiger partial charge in [0.15, 0.2) is 0 Å². The van der Waals surface area contributed by atoms with Crippen LogP contribution in [0.25, 0.3) is 0 Å². The van der Waals surface area contributed by atoms with E-state index in [2.05, 4.69) is 54.5 Å². The molecule has 1 aromatic heterocycles. The fourth-order valence-electron chi connectivity index (χ4n) is 3.62. The zero-order chi connectivity index (χ0) is 18.3. The number of carbonyl (C=O) groups is 1. The summed E-state index contributed by atoms with van der Waals surface area (Å²) >= 11 is 0. The highest BCUT2D eigenvalue weighted by Crippen LogP contribution is 2.35. The number of amides is 1. The first-order valence-corrected chi connectivity index (χ1v) is 8.91. The molecule has 4 nitrogen and oxygen atoms in total. The highest BCUT2D eigenvalue weighted by Gasteiger charge is 2.34. The van der Waals surface area contributed by atoms with Crippen molar-refractivity contribution in [2.45, 2.75) is 33.5 Å². The molecule has 3 aromatic rings. The molecule has 4 heteroatoms. The van der Waals surface area contributed by atoms with Gasteiger partial charge < -0.3 is 15.2 Å². The predicted octanol–water partition coefficient (Wildman–Crippen LogP) is 4.71. The number of anilines is 1. The zero-order valence-electron chi connectivity index (χ0n) is 15.3. The zero-order valence-corrected chi connectivity index (χ0v) is 15.3. The lowest BCUT2D eigenvalue weighted by atomic mass is 10.0. The van der Waals surface area contributed by atoms with Crippen LogP contribution >= 0.6 is 0 Å². The van der Waals surface area contributed by atoms with Gasteiger partial charge in [-0.1, -0.05) is 42.0 Å². The molecule has 1 aliphatic heterocycles. The Morgan fingerprint density at radius 1 is 1.00 bits per heavy atom. The molecule has 0 aliphatic carbocycles. The van der Waals surface area contributed by atoms with E-state index in [1.54, 1.807) is 0 Å². The van der Waals surface area contributed by atoms with Crippen molar-refractivity contribution in [2.24, 2.45) is 0 Å². The van der Waals surface area contributed by atoms with E-state index in [4.69, 9.17) is 0 Å². The van der Waals surface area contributed by atoms with Crippen molar-refractivity contribution in [3.8, 4) is 0 Å². The Balaban J connectivity index is 1.77. The third kappa shape index (κ3) is 2.88. The molecule has 1 amide bonds. The van der Waals surface area contributed by atoms with Gasteiger partial charge in [0.25, 0.3) is 5.91 Å². The van der Waals surface area contributed by atoms with Gasteiger partial charge in [-0.2, -0.15) is 0 Å². The number of hydrogen-bond donors (Lipinski definition) is 2. The molecule has 0 unspecified atom stereocenters. The van der Waals surface area contributed by atoms with Gasteiger partial charge in [0.1, 0.15) is 6.17 Å². The second-order valence-electron chi connectivity index (χ2n) is 7.04. The van der Waals surface area contributed by atoms with Gasteiger partial charge in [-0.05, 0) is 44.5 Å². The van der Waals surface area contributed by atoms with Gasteiger partial charge in [-0.25, -0.2) is 0 Å². The average molecular weight is 345 g/mol. The van der Waals surface area contributed by atoms with Gasteiger partial charge in [0, 0.05) is 29.2 Å². The summed E-state index contributed by atoms with van der Waals surface area (Å²) in [6.07, 6.45) is -0.191. The molecule has 2 heterocycles. The largest absolute Gasteiger partial charge is 0.362 e. The van der Waals surface area contributed by atoms with E-state index in [1.165, 1.54) is 5.56 Å². The normalized spacial score (nSPS) is 16.3. The van der Waals surface area contributed by atoms with Crippen molar-refractivity contribution in [1.29, 1.82) is 0 Å². The molecule has 1 atom stereocenters. The summed E-state index contributed by atoms with van der Waals surface area (Å²) in [7, 11) is 0. The van der Waals surface area contributed by atoms with Gasteiger partial charge >= 0.3 is 0 Å². The summed E-state index contributed by atoms with van der Waals surface area (Å²) < 4.78 is 0. The molecule has 0 fully saturated rings. The van der Waals surface area contributed by atoms with E-state index in [0.717, 1.165) is 33.8 Å². The van der Waals surface area contributed by atoms with Crippen LogP contribution in [0.2, 0.25) is 0 Å². The van der Waals surface area contributed by atoms with Crippen molar-refractivity contribution < 1.29 is 4.79 Å². The summed E-state index contributed by atoms with van der Waals surface area (Å²) in [4.78, 5) is 18.5. The number of aromatic amines is 1. The summed E-state index contributed by atoms with van der Waals surface area (Å²) in [5, 5.41) is 3.56. The molecule has 2 aromatic carbocycles. The number of nitrogens with zero attached hydrogens (tertiary/aromatic N) is 1. The Morgan fingerprint density at radius 2 is 1.73 bits per heavy atom. The van der Waals surface area contributed by atoms with Gasteiger partial charge in [-0.15, -0.1) is 0 Å². The van der Waals surface area contributed by atoms with E-state index in [9.17, 15) is 4.79 Å². The van der Waals surface area contributed by atoms with E-state index in [1.807, 2.05) is 36.1 Å². The standard InChI is InChI=1S/C22H23N3O/c1-14-8-10-17(11-9-14)13-25-21(19-12-15(2)23-16(19)3)24-20-7-5-4-6-18(20)22(25)26/h4-12,21,23-24H,13H2,1-3H3/t21-/m1/s1. The average Bonchev–Trinajstić information content (AvgIpc) is 2.97. The predicted molar refractivity (Wildman–Crippen MR) is 104 cm³/mol. The monoisotopic (exact) mass is 345 g/mol. The van der Waals surface area contributed by atoms with E-state index in [0.29, 0.717) is 6.54 Å². The number of hydrogen-bond acceptors (Lipinski definition) is 2. The second kappa shape index (κ2) is 6.37. The Labute approximate surface area is 153 Å². The smallest absolute Gasteiger partial charge is 0.258 e. The van der Waals surface area contributed by atoms with E-state index in [-0.39, 0.29) is 12.1 Å². The summed E-state index contributed by atoms with van der Waals surface area (Å²) in [5.41, 5.74) is 7.25. The number of aryl methyl sites for hydroxylation is 3. The number of H-pyrrole nitrogens is 1. The molecule has 4 rings (SSSR count). The van der Waals surface area contributed by atoms with E-state index < -0.39 is 0 Å². The second-order valence-corrected chi connectivity index (χ2v) is 7.04. The minimum Gasteiger partial charge on any atom is -0.362 e. The lowest BCUT2D eigenvalue weighted by molar-refractivity contribution is 0.0666. The van der Waals surface area contributed by atoms with Gasteiger partial charge in [0.05, 0.1) is 5.56 Å². The van der Waals surface area contributed by atoms with E-state index >= 15 is 0 Å². The first-order chi connectivity index (χ1) is 12.5. The third-order valence-electron chi connectivity index (χ3n) is 4.98. The lowest BCUT2D eigenvalue weighted by Crippen LogP contribution is -2.42. The maximum absolute atomic E-state index is 13.3. The molecule has 132 valence electrons. The number of rotatable bonds is 3. The van der Waals surface area contributed by atoms with Crippen LogP contribution in [-0.2, 0) is 6.54 Å². The van der Waals surface area contributed by atoms with Crippen LogP contribution in [0.15, 0.2) is 54.6 Å². The minimum atomic E-state index is -0.191. The van der Waals surface area contributed by atoms with Crippen LogP contribution in [0.5, 0.6) is 0 Å². The van der Waals surface area contributed by atoms with Crippen LogP contribution < -0.4 is 5.32 Å². The maximum Gasteiger partial charge on any atom is 0.258 e. The number of carbonyl (C=O) groups excluding carboxylic acids is 1. The molecule has 1 aliphatic rings. The molecule has 0 bridgehead atoms. The van der Waals surface area contributed by atoms with Crippen LogP contribution in [0, 0.1) is 20.8 Å². The number of aromatic nitrogens is 1. The quantitative estimate of drug-likeness (QED) is 0.722. The number of nitrogens with one attached hydrogen (secondary N) is 2. The summed E-state index contributed by atoms with van der Waals surface area (Å²) in [6.45, 7) is 6.73. The minimum absolute atomic E-state index is 0.0585. The molecule has 2 N–H and O–H groups in total. The number of benzene rings is 2. The van der Waals surface area contributed by atoms with Crippen LogP contribution in [0.4, 0.5) is 5.69 Å². The van der Waals surface area contributed by atoms with Crippen LogP contribution in [0.3, 0.4) is 0 Å². The van der Waals surface area contributed by atoms with Gasteiger partial charge in [-0.3, -0.25) is 4.79 Å². The lowest BCUT2D eigenvalue weighted by Gasteiger charge is -2.38. The molecule has 0 spiro atoms. The molecule has 0 radical (unpaired) electrons. The Bertz CT molecular complexity index is 956. The summed E-state index contributed by atoms with van der Waals surface area (Å²) in [5.74, 6) is 0.0585. The number of fused-ring (bicyclic) bond motifs is 1. The molecule has 0 saturated heterocycles. The van der Waals surface area contributed by atoms with Crippen molar-refractivity contribution in [2.75, 3.05) is 5.32 Å². The van der Waals surface area contributed by atoms with Crippen molar-refractivity contribution in [3.63, 3.8) is 0 Å². The van der Waals surface area contributed by atoms with Crippen LogP contribution in [0.1, 0.15) is 44.6 Å². The maximum atomic E-state index is 13.3. The Hall–Kier alpha value is -3.01. The van der Waals surface area contributed by atoms with Crippen LogP contribution in [-0.4, -0.2) is 15.8 Å². The van der Waals surface area contributed by atoms with Gasteiger partial charge in [0.2, 0.25) is 0 Å². The Morgan fingerprint density at radius 3 is 2.42 bits per heavy atom. The molecular weight excluding hydrogens is 322 g/mol. The third-order valence-corrected chi connectivity index (χ3v) is 4.98. The Kier molecular flexibility index (Phi) is 4.03. The number of para-hydroxylation sites is 1. The molecular formula is C22H23N3O. The topological polar surface area (TPSA) is 48.1 Å². The first kappa shape index (κ1) is 16.5. The molecule has 26 heavy (non-hydrogen) atoms. The SMILES string of the molecule is Cc1ccc(CN2C(=O)c3ccccc3N[C@H]2c2cc(C)[nH]c2C)cc1. The van der Waals surface area contributed by atoms with Crippen molar-refractivity contribution >= 4 is 11.6 Å². The summed E-state index contributed by atoms with van der Waals surface area (Å²) in [6, 6.07) is 18.2.